The maximum Gasteiger partial charge on any atom is 0.308 e. The number of hydrogen-bond donors (Lipinski definition) is 1. The van der Waals surface area contributed by atoms with Crippen molar-refractivity contribution in [2.24, 2.45) is 5.92 Å². The van der Waals surface area contributed by atoms with E-state index in [9.17, 15) is 9.90 Å². The van der Waals surface area contributed by atoms with E-state index in [2.05, 4.69) is 25.7 Å². The third-order valence-corrected chi connectivity index (χ3v) is 3.62. The monoisotopic (exact) mass is 227 g/mol. The summed E-state index contributed by atoms with van der Waals surface area (Å²) in [6.07, 6.45) is 5.26. The summed E-state index contributed by atoms with van der Waals surface area (Å²) in [5.74, 6) is -0.755. The number of aliphatic carboxylic acids is 1. The van der Waals surface area contributed by atoms with Gasteiger partial charge in [-0.05, 0) is 39.7 Å². The van der Waals surface area contributed by atoms with Gasteiger partial charge in [0, 0.05) is 12.1 Å². The fourth-order valence-corrected chi connectivity index (χ4v) is 2.86. The van der Waals surface area contributed by atoms with Crippen LogP contribution in [0.25, 0.3) is 0 Å². The molecule has 0 bridgehead atoms. The van der Waals surface area contributed by atoms with Crippen molar-refractivity contribution in [1.29, 1.82) is 0 Å². The zero-order valence-electron chi connectivity index (χ0n) is 10.8. The smallest absolute Gasteiger partial charge is 0.308 e. The number of carboxylic acids is 1. The van der Waals surface area contributed by atoms with Crippen LogP contribution < -0.4 is 0 Å². The summed E-state index contributed by atoms with van der Waals surface area (Å²) in [7, 11) is 0. The summed E-state index contributed by atoms with van der Waals surface area (Å²) in [5, 5.41) is 9.28. The van der Waals surface area contributed by atoms with Crippen molar-refractivity contribution < 1.29 is 9.90 Å². The molecular formula is C13H25NO2. The molecule has 0 saturated heterocycles. The van der Waals surface area contributed by atoms with Crippen LogP contribution in [0.3, 0.4) is 0 Å². The average Bonchev–Trinajstić information content (AvgIpc) is 2.25. The standard InChI is InChI=1S/C13H25NO2/c1-4-9-14(10(2)3)12-8-6-5-7-11(12)13(15)16/h10-12H,4-9H2,1-3H3,(H,15,16). The Morgan fingerprint density at radius 1 is 1.38 bits per heavy atom. The SMILES string of the molecule is CCCN(C(C)C)C1CCCCC1C(=O)O. The van der Waals surface area contributed by atoms with E-state index in [-0.39, 0.29) is 12.0 Å². The highest BCUT2D eigenvalue weighted by molar-refractivity contribution is 5.71. The van der Waals surface area contributed by atoms with Crippen molar-refractivity contribution in [3.63, 3.8) is 0 Å². The van der Waals surface area contributed by atoms with Crippen LogP contribution in [-0.2, 0) is 4.79 Å². The predicted octanol–water partition coefficient (Wildman–Crippen LogP) is 2.75. The van der Waals surface area contributed by atoms with Gasteiger partial charge in [-0.25, -0.2) is 0 Å². The molecule has 0 amide bonds. The number of nitrogens with zero attached hydrogens (tertiary/aromatic N) is 1. The first-order valence-electron chi connectivity index (χ1n) is 6.56. The molecule has 0 aliphatic heterocycles. The van der Waals surface area contributed by atoms with E-state index in [1.165, 1.54) is 6.42 Å². The first-order chi connectivity index (χ1) is 7.57. The fraction of sp³-hybridized carbons (Fsp3) is 0.923. The summed E-state index contributed by atoms with van der Waals surface area (Å²) in [4.78, 5) is 13.7. The Morgan fingerprint density at radius 2 is 2.00 bits per heavy atom. The second kappa shape index (κ2) is 6.24. The molecule has 2 atom stereocenters. The molecule has 1 aliphatic carbocycles. The van der Waals surface area contributed by atoms with Crippen molar-refractivity contribution >= 4 is 5.97 Å². The molecule has 1 N–H and O–H groups in total. The van der Waals surface area contributed by atoms with Crippen LogP contribution in [-0.4, -0.2) is 34.6 Å². The van der Waals surface area contributed by atoms with Gasteiger partial charge >= 0.3 is 5.97 Å². The molecule has 0 aromatic carbocycles. The molecule has 0 aromatic rings. The predicted molar refractivity (Wildman–Crippen MR) is 65.5 cm³/mol. The topological polar surface area (TPSA) is 40.5 Å². The Balaban J connectivity index is 2.74. The lowest BCUT2D eigenvalue weighted by Gasteiger charge is -2.40. The van der Waals surface area contributed by atoms with Crippen LogP contribution in [0.4, 0.5) is 0 Å². The van der Waals surface area contributed by atoms with Gasteiger partial charge in [0.05, 0.1) is 5.92 Å². The molecular weight excluding hydrogens is 202 g/mol. The Hall–Kier alpha value is -0.570. The number of hydrogen-bond acceptors (Lipinski definition) is 2. The van der Waals surface area contributed by atoms with Crippen LogP contribution in [0.1, 0.15) is 52.9 Å². The summed E-state index contributed by atoms with van der Waals surface area (Å²) >= 11 is 0. The first-order valence-corrected chi connectivity index (χ1v) is 6.56. The van der Waals surface area contributed by atoms with Gasteiger partial charge in [-0.15, -0.1) is 0 Å². The van der Waals surface area contributed by atoms with Gasteiger partial charge < -0.3 is 5.11 Å². The van der Waals surface area contributed by atoms with Gasteiger partial charge in [-0.1, -0.05) is 19.8 Å². The van der Waals surface area contributed by atoms with Crippen molar-refractivity contribution in [3.8, 4) is 0 Å². The Morgan fingerprint density at radius 3 is 2.50 bits per heavy atom. The molecule has 0 spiro atoms. The highest BCUT2D eigenvalue weighted by atomic mass is 16.4. The Kier molecular flexibility index (Phi) is 5.26. The molecule has 1 aliphatic rings. The number of rotatable bonds is 5. The summed E-state index contributed by atoms with van der Waals surface area (Å²) < 4.78 is 0. The summed E-state index contributed by atoms with van der Waals surface area (Å²) in [6.45, 7) is 7.52. The second-order valence-electron chi connectivity index (χ2n) is 5.13. The van der Waals surface area contributed by atoms with Crippen molar-refractivity contribution in [2.75, 3.05) is 6.54 Å². The molecule has 1 saturated carbocycles. The molecule has 0 heterocycles. The Bertz CT molecular complexity index is 228. The van der Waals surface area contributed by atoms with E-state index in [0.717, 1.165) is 32.2 Å². The molecule has 3 nitrogen and oxygen atoms in total. The van der Waals surface area contributed by atoms with Crippen molar-refractivity contribution in [2.45, 2.75) is 65.0 Å². The highest BCUT2D eigenvalue weighted by Gasteiger charge is 2.35. The van der Waals surface area contributed by atoms with E-state index < -0.39 is 5.97 Å². The van der Waals surface area contributed by atoms with Crippen LogP contribution in [0.15, 0.2) is 0 Å². The maximum atomic E-state index is 11.3. The van der Waals surface area contributed by atoms with Crippen LogP contribution in [0.5, 0.6) is 0 Å². The summed E-state index contributed by atoms with van der Waals surface area (Å²) in [6, 6.07) is 0.705. The van der Waals surface area contributed by atoms with Gasteiger partial charge in [-0.2, -0.15) is 0 Å². The lowest BCUT2D eigenvalue weighted by atomic mass is 9.83. The van der Waals surface area contributed by atoms with E-state index in [1.54, 1.807) is 0 Å². The number of carbonyl (C=O) groups is 1. The molecule has 1 rings (SSSR count). The third-order valence-electron chi connectivity index (χ3n) is 3.62. The van der Waals surface area contributed by atoms with Crippen LogP contribution in [0.2, 0.25) is 0 Å². The fourth-order valence-electron chi connectivity index (χ4n) is 2.86. The molecule has 94 valence electrons. The van der Waals surface area contributed by atoms with Crippen LogP contribution in [0, 0.1) is 5.92 Å². The van der Waals surface area contributed by atoms with Crippen molar-refractivity contribution in [1.82, 2.24) is 4.90 Å². The van der Waals surface area contributed by atoms with Gasteiger partial charge in [0.2, 0.25) is 0 Å². The normalized spacial score (nSPS) is 26.3. The van der Waals surface area contributed by atoms with E-state index in [1.807, 2.05) is 0 Å². The van der Waals surface area contributed by atoms with Gasteiger partial charge in [-0.3, -0.25) is 9.69 Å². The molecule has 1 fully saturated rings. The molecule has 16 heavy (non-hydrogen) atoms. The van der Waals surface area contributed by atoms with E-state index in [0.29, 0.717) is 6.04 Å². The maximum absolute atomic E-state index is 11.3. The van der Waals surface area contributed by atoms with E-state index >= 15 is 0 Å². The first kappa shape index (κ1) is 13.5. The zero-order valence-corrected chi connectivity index (χ0v) is 10.8. The van der Waals surface area contributed by atoms with Crippen LogP contribution >= 0.6 is 0 Å². The largest absolute Gasteiger partial charge is 0.481 e. The van der Waals surface area contributed by atoms with Crippen molar-refractivity contribution in [3.05, 3.63) is 0 Å². The lowest BCUT2D eigenvalue weighted by Crippen LogP contribution is -2.48. The van der Waals surface area contributed by atoms with E-state index in [4.69, 9.17) is 0 Å². The quantitative estimate of drug-likeness (QED) is 0.785. The molecule has 0 radical (unpaired) electrons. The van der Waals surface area contributed by atoms with Gasteiger partial charge in [0.25, 0.3) is 0 Å². The second-order valence-corrected chi connectivity index (χ2v) is 5.13. The molecule has 2 unspecified atom stereocenters. The average molecular weight is 227 g/mol. The van der Waals surface area contributed by atoms with Gasteiger partial charge in [0.1, 0.15) is 0 Å². The third kappa shape index (κ3) is 3.21. The minimum Gasteiger partial charge on any atom is -0.481 e. The number of carboxylic acid groups (broad SMARTS) is 1. The minimum atomic E-state index is -0.605. The zero-order chi connectivity index (χ0) is 12.1. The van der Waals surface area contributed by atoms with Gasteiger partial charge in [0.15, 0.2) is 0 Å². The highest BCUT2D eigenvalue weighted by Crippen LogP contribution is 2.30. The molecule has 0 aromatic heterocycles. The molecule has 3 heteroatoms. The Labute approximate surface area is 98.8 Å². The minimum absolute atomic E-state index is 0.150. The summed E-state index contributed by atoms with van der Waals surface area (Å²) in [5.41, 5.74) is 0. The lowest BCUT2D eigenvalue weighted by molar-refractivity contribution is -0.146.